The second-order valence-electron chi connectivity index (χ2n) is 24.6. The normalized spacial score (nSPS) is 50.8. The van der Waals surface area contributed by atoms with Crippen molar-refractivity contribution in [2.24, 2.45) is 80.8 Å². The molecule has 14 atom stereocenters. The molecule has 8 saturated carbocycles. The molecule has 9 fully saturated rings. The molecule has 4 heteroatoms. The zero-order chi connectivity index (χ0) is 40.2. The summed E-state index contributed by atoms with van der Waals surface area (Å²) in [5.41, 5.74) is 1.78. The summed E-state index contributed by atoms with van der Waals surface area (Å²) in [5, 5.41) is 0. The van der Waals surface area contributed by atoms with E-state index in [-0.39, 0.29) is 5.41 Å². The summed E-state index contributed by atoms with van der Waals surface area (Å²) in [6.45, 7) is 15.5. The quantitative estimate of drug-likeness (QED) is 0.129. The third-order valence-corrected chi connectivity index (χ3v) is 22.2. The molecule has 0 N–H and O–H groups in total. The van der Waals surface area contributed by atoms with E-state index < -0.39 is 11.6 Å². The first-order valence-electron chi connectivity index (χ1n) is 26.8. The maximum atomic E-state index is 6.71. The number of rotatable bonds is 14. The fraction of sp³-hybridized carbons (Fsp3) is 1.00. The molecule has 0 aromatic rings. The van der Waals surface area contributed by atoms with Crippen LogP contribution in [0.5, 0.6) is 0 Å². The van der Waals surface area contributed by atoms with Crippen LogP contribution in [-0.2, 0) is 19.6 Å². The summed E-state index contributed by atoms with van der Waals surface area (Å²) in [6, 6.07) is 0. The molecular formula is C54H92O4. The summed E-state index contributed by atoms with van der Waals surface area (Å²) in [6.07, 6.45) is 43.6. The Morgan fingerprint density at radius 3 is 1.43 bits per heavy atom. The summed E-state index contributed by atoms with van der Waals surface area (Å²) in [4.78, 5) is 26.8. The summed E-state index contributed by atoms with van der Waals surface area (Å²) in [7, 11) is 0. The van der Waals surface area contributed by atoms with Gasteiger partial charge in [0.15, 0.2) is 0 Å². The van der Waals surface area contributed by atoms with Gasteiger partial charge < -0.3 is 0 Å². The molecule has 1 saturated heterocycles. The van der Waals surface area contributed by atoms with E-state index in [9.17, 15) is 0 Å². The van der Waals surface area contributed by atoms with Crippen molar-refractivity contribution in [2.75, 3.05) is 0 Å². The standard InChI is InChI=1S/C54H92O4/c1-7-9-11-13-15-17-19-39-23-27-45-43-26-22-42-37-53(36-35-51(42,5)47(43)30-32-49(39,45)3)55-57-54(58-56-53)34-29-41-21-25-44-46-28-24-40(20-18-16-14-12-10-8-2)50(46,4)33-31-48(44)52(41,6)38-54/h39-48H,7-38H2,1-6H3/t39-,40-,41-,42-,43?,44?,45?,46?,47?,48?,49+,50+,51-,52-,53?,54?/m0/s1. The van der Waals surface area contributed by atoms with Gasteiger partial charge in [-0.1, -0.05) is 119 Å². The first-order chi connectivity index (χ1) is 28.0. The fourth-order valence-corrected chi connectivity index (χ4v) is 18.7. The minimum absolute atomic E-state index is 0.240. The van der Waals surface area contributed by atoms with E-state index >= 15 is 0 Å². The molecular weight excluding hydrogens is 713 g/mol. The third-order valence-electron chi connectivity index (χ3n) is 22.2. The second kappa shape index (κ2) is 17.1. The van der Waals surface area contributed by atoms with E-state index in [1.807, 2.05) is 0 Å². The zero-order valence-corrected chi connectivity index (χ0v) is 39.0. The van der Waals surface area contributed by atoms with E-state index in [1.54, 1.807) is 0 Å². The van der Waals surface area contributed by atoms with Gasteiger partial charge in [-0.05, 0) is 184 Å². The maximum absolute atomic E-state index is 6.71. The molecule has 1 heterocycles. The lowest BCUT2D eigenvalue weighted by Gasteiger charge is -2.64. The highest BCUT2D eigenvalue weighted by molar-refractivity contribution is 5.12. The highest BCUT2D eigenvalue weighted by Crippen LogP contribution is 2.71. The Hall–Kier alpha value is -0.160. The van der Waals surface area contributed by atoms with Gasteiger partial charge in [-0.3, -0.25) is 0 Å². The van der Waals surface area contributed by atoms with Crippen LogP contribution in [0.2, 0.25) is 0 Å². The van der Waals surface area contributed by atoms with E-state index in [0.717, 1.165) is 78.9 Å². The number of fused-ring (bicyclic) bond motifs is 10. The van der Waals surface area contributed by atoms with Crippen molar-refractivity contribution in [3.8, 4) is 0 Å². The molecule has 9 aliphatic rings. The maximum Gasteiger partial charge on any atom is 0.234 e. The van der Waals surface area contributed by atoms with Gasteiger partial charge in [0.25, 0.3) is 0 Å². The SMILES string of the molecule is CCCCCCCC[C@H]1CCC2C3CC[C@H]4CC5(CC[C@]4(C)C3CC[C@@]21C)OOC1(CC[C@@H]2CCC3C4CC[C@H](CCCCCCCC)[C@@]4(C)CCC3[C@@]2(C)C1)OO5. The van der Waals surface area contributed by atoms with Crippen molar-refractivity contribution in [1.29, 1.82) is 0 Å². The average molecular weight is 805 g/mol. The third kappa shape index (κ3) is 7.48. The summed E-state index contributed by atoms with van der Waals surface area (Å²) < 4.78 is 0. The molecule has 58 heavy (non-hydrogen) atoms. The van der Waals surface area contributed by atoms with E-state index in [0.29, 0.717) is 22.2 Å². The van der Waals surface area contributed by atoms with Crippen molar-refractivity contribution < 1.29 is 19.6 Å². The lowest BCUT2D eigenvalue weighted by molar-refractivity contribution is -0.668. The van der Waals surface area contributed by atoms with Crippen LogP contribution in [0.3, 0.4) is 0 Å². The molecule has 4 nitrogen and oxygen atoms in total. The minimum atomic E-state index is -0.740. The zero-order valence-electron chi connectivity index (χ0n) is 39.0. The predicted octanol–water partition coefficient (Wildman–Crippen LogP) is 16.1. The predicted molar refractivity (Wildman–Crippen MR) is 236 cm³/mol. The smallest absolute Gasteiger partial charge is 0.195 e. The summed E-state index contributed by atoms with van der Waals surface area (Å²) in [5.74, 6) is 7.19. The molecule has 6 unspecified atom stereocenters. The Balaban J connectivity index is 0.793. The van der Waals surface area contributed by atoms with Crippen LogP contribution in [0.15, 0.2) is 0 Å². The van der Waals surface area contributed by atoms with Crippen LogP contribution >= 0.6 is 0 Å². The first-order valence-corrected chi connectivity index (χ1v) is 26.8. The first kappa shape index (κ1) is 43.1. The Morgan fingerprint density at radius 2 is 0.862 bits per heavy atom. The Morgan fingerprint density at radius 1 is 0.379 bits per heavy atom. The minimum Gasteiger partial charge on any atom is -0.195 e. The molecule has 332 valence electrons. The molecule has 0 aromatic carbocycles. The molecule has 9 rings (SSSR count). The molecule has 0 radical (unpaired) electrons. The Kier molecular flexibility index (Phi) is 12.7. The van der Waals surface area contributed by atoms with Crippen LogP contribution < -0.4 is 0 Å². The van der Waals surface area contributed by atoms with Gasteiger partial charge in [-0.2, -0.15) is 19.6 Å². The lowest BCUT2D eigenvalue weighted by atomic mass is 9.44. The van der Waals surface area contributed by atoms with E-state index in [1.165, 1.54) is 180 Å². The van der Waals surface area contributed by atoms with E-state index in [4.69, 9.17) is 19.6 Å². The van der Waals surface area contributed by atoms with Gasteiger partial charge in [0.05, 0.1) is 0 Å². The summed E-state index contributed by atoms with van der Waals surface area (Å²) >= 11 is 0. The topological polar surface area (TPSA) is 36.9 Å². The fourth-order valence-electron chi connectivity index (χ4n) is 18.7. The molecule has 0 aromatic heterocycles. The molecule has 0 bridgehead atoms. The molecule has 8 aliphatic carbocycles. The number of unbranched alkanes of at least 4 members (excludes halogenated alkanes) is 10. The van der Waals surface area contributed by atoms with Gasteiger partial charge in [0.2, 0.25) is 11.6 Å². The van der Waals surface area contributed by atoms with Crippen LogP contribution in [0.1, 0.15) is 247 Å². The largest absolute Gasteiger partial charge is 0.234 e. The van der Waals surface area contributed by atoms with Crippen molar-refractivity contribution in [2.45, 2.75) is 259 Å². The monoisotopic (exact) mass is 805 g/mol. The molecule has 2 spiro atoms. The van der Waals surface area contributed by atoms with Crippen molar-refractivity contribution in [3.63, 3.8) is 0 Å². The lowest BCUT2D eigenvalue weighted by Crippen LogP contribution is -2.62. The van der Waals surface area contributed by atoms with Crippen molar-refractivity contribution in [1.82, 2.24) is 0 Å². The van der Waals surface area contributed by atoms with Crippen LogP contribution in [0, 0.1) is 80.8 Å². The average Bonchev–Trinajstić information content (AvgIpc) is 3.74. The van der Waals surface area contributed by atoms with Gasteiger partial charge in [-0.15, -0.1) is 0 Å². The number of hydrogen-bond donors (Lipinski definition) is 0. The van der Waals surface area contributed by atoms with Crippen molar-refractivity contribution >= 4 is 0 Å². The molecule has 0 amide bonds. The van der Waals surface area contributed by atoms with Crippen LogP contribution in [-0.4, -0.2) is 11.6 Å². The van der Waals surface area contributed by atoms with Crippen molar-refractivity contribution in [3.05, 3.63) is 0 Å². The Labute approximate surface area is 357 Å². The Bertz CT molecular complexity index is 1370. The van der Waals surface area contributed by atoms with Gasteiger partial charge in [0, 0.05) is 25.7 Å². The van der Waals surface area contributed by atoms with Gasteiger partial charge >= 0.3 is 0 Å². The van der Waals surface area contributed by atoms with Crippen LogP contribution in [0.4, 0.5) is 0 Å². The second-order valence-corrected chi connectivity index (χ2v) is 24.6. The highest BCUT2D eigenvalue weighted by Gasteiger charge is 2.66. The van der Waals surface area contributed by atoms with E-state index in [2.05, 4.69) is 41.5 Å². The van der Waals surface area contributed by atoms with Gasteiger partial charge in [-0.25, -0.2) is 0 Å². The van der Waals surface area contributed by atoms with Crippen LogP contribution in [0.25, 0.3) is 0 Å². The number of hydrogen-bond acceptors (Lipinski definition) is 4. The van der Waals surface area contributed by atoms with Gasteiger partial charge in [0.1, 0.15) is 0 Å². The highest BCUT2D eigenvalue weighted by atomic mass is 17.4. The molecule has 1 aliphatic heterocycles.